The summed E-state index contributed by atoms with van der Waals surface area (Å²) in [4.78, 5) is 9.37. The van der Waals surface area contributed by atoms with Crippen LogP contribution in [0.15, 0.2) is 42.5 Å². The SMILES string of the molecule is CC1(C)Cc2cccc(-c3ccccc3O)c2O1.COC(N)=O. The van der Waals surface area contributed by atoms with Gasteiger partial charge in [0, 0.05) is 17.5 Å². The quantitative estimate of drug-likeness (QED) is 0.844. The molecule has 1 aliphatic heterocycles. The van der Waals surface area contributed by atoms with Crippen LogP contribution in [0, 0.1) is 0 Å². The Morgan fingerprint density at radius 1 is 1.17 bits per heavy atom. The van der Waals surface area contributed by atoms with Crippen molar-refractivity contribution in [2.75, 3.05) is 7.11 Å². The fraction of sp³-hybridized carbons (Fsp3) is 0.278. The van der Waals surface area contributed by atoms with Crippen LogP contribution in [-0.4, -0.2) is 23.9 Å². The van der Waals surface area contributed by atoms with Gasteiger partial charge in [-0.05, 0) is 25.5 Å². The molecule has 5 nitrogen and oxygen atoms in total. The molecule has 0 spiro atoms. The maximum atomic E-state index is 9.97. The molecule has 5 heteroatoms. The van der Waals surface area contributed by atoms with Gasteiger partial charge >= 0.3 is 6.09 Å². The molecule has 2 aromatic rings. The van der Waals surface area contributed by atoms with Crippen molar-refractivity contribution in [3.63, 3.8) is 0 Å². The molecule has 0 radical (unpaired) electrons. The number of amides is 1. The maximum absolute atomic E-state index is 9.97. The molecule has 1 aliphatic rings. The van der Waals surface area contributed by atoms with Gasteiger partial charge in [-0.3, -0.25) is 0 Å². The first kappa shape index (κ1) is 16.7. The van der Waals surface area contributed by atoms with Crippen LogP contribution in [0.1, 0.15) is 19.4 Å². The van der Waals surface area contributed by atoms with Crippen LogP contribution in [-0.2, 0) is 11.2 Å². The number of carbonyl (C=O) groups is 1. The largest absolute Gasteiger partial charge is 0.507 e. The number of hydrogen-bond acceptors (Lipinski definition) is 4. The van der Waals surface area contributed by atoms with Crippen molar-refractivity contribution in [1.82, 2.24) is 0 Å². The monoisotopic (exact) mass is 315 g/mol. The van der Waals surface area contributed by atoms with Crippen molar-refractivity contribution < 1.29 is 19.4 Å². The van der Waals surface area contributed by atoms with E-state index in [-0.39, 0.29) is 5.60 Å². The lowest BCUT2D eigenvalue weighted by Crippen LogP contribution is -2.24. The van der Waals surface area contributed by atoms with Crippen molar-refractivity contribution >= 4 is 6.09 Å². The number of nitrogens with two attached hydrogens (primary N) is 1. The Morgan fingerprint density at radius 3 is 2.39 bits per heavy atom. The number of fused-ring (bicyclic) bond motifs is 1. The fourth-order valence-electron chi connectivity index (χ4n) is 2.53. The van der Waals surface area contributed by atoms with Gasteiger partial charge in [0.15, 0.2) is 0 Å². The minimum Gasteiger partial charge on any atom is -0.507 e. The molecule has 0 aromatic heterocycles. The highest BCUT2D eigenvalue weighted by Crippen LogP contribution is 2.44. The number of phenolic OH excluding ortho intramolecular Hbond substituents is 1. The van der Waals surface area contributed by atoms with E-state index in [1.165, 1.54) is 12.7 Å². The smallest absolute Gasteiger partial charge is 0.404 e. The van der Waals surface area contributed by atoms with Crippen molar-refractivity contribution in [3.8, 4) is 22.6 Å². The van der Waals surface area contributed by atoms with Gasteiger partial charge in [0.05, 0.1) is 7.11 Å². The van der Waals surface area contributed by atoms with Crippen LogP contribution in [0.3, 0.4) is 0 Å². The summed E-state index contributed by atoms with van der Waals surface area (Å²) in [6, 6.07) is 13.5. The number of carbonyl (C=O) groups excluding carboxylic acids is 1. The van der Waals surface area contributed by atoms with Gasteiger partial charge < -0.3 is 20.3 Å². The average Bonchev–Trinajstić information content (AvgIpc) is 2.82. The van der Waals surface area contributed by atoms with Gasteiger partial charge in [-0.2, -0.15) is 0 Å². The molecule has 0 unspecified atom stereocenters. The number of primary amides is 1. The highest BCUT2D eigenvalue weighted by molar-refractivity contribution is 5.77. The van der Waals surface area contributed by atoms with Crippen LogP contribution < -0.4 is 10.5 Å². The number of hydrogen-bond donors (Lipinski definition) is 2. The van der Waals surface area contributed by atoms with Crippen LogP contribution in [0.5, 0.6) is 11.5 Å². The maximum Gasteiger partial charge on any atom is 0.404 e. The zero-order valence-electron chi connectivity index (χ0n) is 13.5. The minimum absolute atomic E-state index is 0.164. The Bertz CT molecular complexity index is 710. The summed E-state index contributed by atoms with van der Waals surface area (Å²) < 4.78 is 9.91. The first-order chi connectivity index (χ1) is 10.8. The lowest BCUT2D eigenvalue weighted by Gasteiger charge is -2.18. The predicted octanol–water partition coefficient (Wildman–Crippen LogP) is 3.48. The van der Waals surface area contributed by atoms with E-state index in [4.69, 9.17) is 4.74 Å². The lowest BCUT2D eigenvalue weighted by molar-refractivity contribution is 0.139. The van der Waals surface area contributed by atoms with Gasteiger partial charge in [0.25, 0.3) is 0 Å². The lowest BCUT2D eigenvalue weighted by atomic mass is 9.97. The summed E-state index contributed by atoms with van der Waals surface area (Å²) in [5.74, 6) is 1.20. The number of benzene rings is 2. The number of ether oxygens (including phenoxy) is 2. The van der Waals surface area contributed by atoms with E-state index in [1.54, 1.807) is 6.07 Å². The average molecular weight is 315 g/mol. The van der Waals surface area contributed by atoms with E-state index >= 15 is 0 Å². The molecule has 0 atom stereocenters. The van der Waals surface area contributed by atoms with Crippen LogP contribution in [0.2, 0.25) is 0 Å². The molecule has 0 fully saturated rings. The van der Waals surface area contributed by atoms with Gasteiger partial charge in [-0.1, -0.05) is 36.4 Å². The number of para-hydroxylation sites is 2. The second-order valence-electron chi connectivity index (χ2n) is 5.87. The molecular formula is C18H21NO4. The predicted molar refractivity (Wildman–Crippen MR) is 88.5 cm³/mol. The minimum atomic E-state index is -0.745. The fourth-order valence-corrected chi connectivity index (χ4v) is 2.53. The van der Waals surface area contributed by atoms with Crippen LogP contribution >= 0.6 is 0 Å². The first-order valence-corrected chi connectivity index (χ1v) is 7.27. The summed E-state index contributed by atoms with van der Waals surface area (Å²) in [6.45, 7) is 4.17. The molecule has 1 amide bonds. The van der Waals surface area contributed by atoms with Crippen molar-refractivity contribution in [2.24, 2.45) is 5.73 Å². The van der Waals surface area contributed by atoms with Crippen LogP contribution in [0.4, 0.5) is 4.79 Å². The Balaban J connectivity index is 0.000000338. The standard InChI is InChI=1S/C16H16O2.C2H5NO2/c1-16(2)10-11-6-5-8-13(15(11)18-16)12-7-3-4-9-14(12)17;1-5-2(3)4/h3-9,17H,10H2,1-2H3;1H3,(H2,3,4). The van der Waals surface area contributed by atoms with Gasteiger partial charge in [0.2, 0.25) is 0 Å². The number of phenols is 1. The van der Waals surface area contributed by atoms with Crippen molar-refractivity contribution in [3.05, 3.63) is 48.0 Å². The van der Waals surface area contributed by atoms with E-state index in [1.807, 2.05) is 30.3 Å². The third kappa shape index (κ3) is 3.94. The Labute approximate surface area is 135 Å². The summed E-state index contributed by atoms with van der Waals surface area (Å²) in [5.41, 5.74) is 7.27. The number of methoxy groups -OCH3 is 1. The number of aromatic hydroxyl groups is 1. The van der Waals surface area contributed by atoms with E-state index in [0.717, 1.165) is 23.3 Å². The highest BCUT2D eigenvalue weighted by atomic mass is 16.5. The molecule has 3 rings (SSSR count). The third-order valence-electron chi connectivity index (χ3n) is 3.49. The van der Waals surface area contributed by atoms with Crippen LogP contribution in [0.25, 0.3) is 11.1 Å². The van der Waals surface area contributed by atoms with E-state index in [0.29, 0.717) is 5.75 Å². The van der Waals surface area contributed by atoms with E-state index < -0.39 is 6.09 Å². The highest BCUT2D eigenvalue weighted by Gasteiger charge is 2.32. The Hall–Kier alpha value is -2.69. The van der Waals surface area contributed by atoms with E-state index in [9.17, 15) is 9.90 Å². The second-order valence-corrected chi connectivity index (χ2v) is 5.87. The first-order valence-electron chi connectivity index (χ1n) is 7.27. The summed E-state index contributed by atoms with van der Waals surface area (Å²) in [7, 11) is 1.22. The Kier molecular flexibility index (Phi) is 4.79. The van der Waals surface area contributed by atoms with Gasteiger partial charge in [0.1, 0.15) is 17.1 Å². The van der Waals surface area contributed by atoms with Crippen molar-refractivity contribution in [1.29, 1.82) is 0 Å². The third-order valence-corrected chi connectivity index (χ3v) is 3.49. The van der Waals surface area contributed by atoms with Gasteiger partial charge in [-0.15, -0.1) is 0 Å². The summed E-state index contributed by atoms with van der Waals surface area (Å²) >= 11 is 0. The molecule has 0 saturated heterocycles. The molecule has 23 heavy (non-hydrogen) atoms. The molecule has 0 saturated carbocycles. The molecule has 2 aromatic carbocycles. The van der Waals surface area contributed by atoms with Crippen molar-refractivity contribution in [2.45, 2.75) is 25.9 Å². The van der Waals surface area contributed by atoms with E-state index in [2.05, 4.69) is 30.4 Å². The molecule has 0 bridgehead atoms. The Morgan fingerprint density at radius 2 is 1.78 bits per heavy atom. The topological polar surface area (TPSA) is 81.8 Å². The molecule has 122 valence electrons. The molecular weight excluding hydrogens is 294 g/mol. The zero-order chi connectivity index (χ0) is 17.0. The molecule has 3 N–H and O–H groups in total. The molecule has 1 heterocycles. The number of rotatable bonds is 1. The normalized spacial score (nSPS) is 14.0. The summed E-state index contributed by atoms with van der Waals surface area (Å²) in [5, 5.41) is 9.97. The molecule has 0 aliphatic carbocycles. The summed E-state index contributed by atoms with van der Waals surface area (Å²) in [6.07, 6.45) is 0.161. The second kappa shape index (κ2) is 6.60. The zero-order valence-corrected chi connectivity index (χ0v) is 13.5. The van der Waals surface area contributed by atoms with Gasteiger partial charge in [-0.25, -0.2) is 4.79 Å².